The van der Waals surface area contributed by atoms with Crippen molar-refractivity contribution in [3.05, 3.63) is 0 Å². The molecule has 1 N–H and O–H groups in total. The number of nitrogens with zero attached hydrogens (tertiary/aromatic N) is 2. The Labute approximate surface area is 128 Å². The summed E-state index contributed by atoms with van der Waals surface area (Å²) in [5.41, 5.74) is 0. The minimum Gasteiger partial charge on any atom is -0.480 e. The highest BCUT2D eigenvalue weighted by Gasteiger charge is 2.31. The summed E-state index contributed by atoms with van der Waals surface area (Å²) in [6, 6.07) is -0.0119. The summed E-state index contributed by atoms with van der Waals surface area (Å²) in [6.45, 7) is 9.50. The Balaban J connectivity index is 2.84. The lowest BCUT2D eigenvalue weighted by atomic mass is 10.1. The molecule has 0 heterocycles. The zero-order valence-electron chi connectivity index (χ0n) is 13.8. The van der Waals surface area contributed by atoms with Gasteiger partial charge in [-0.05, 0) is 24.7 Å². The summed E-state index contributed by atoms with van der Waals surface area (Å²) in [6.07, 6.45) is 4.03. The predicted molar refractivity (Wildman–Crippen MR) is 83.2 cm³/mol. The number of carbonyl (C=O) groups excluding carboxylic acids is 1. The van der Waals surface area contributed by atoms with Gasteiger partial charge in [-0.2, -0.15) is 0 Å². The van der Waals surface area contributed by atoms with Gasteiger partial charge in [-0.3, -0.25) is 4.79 Å². The van der Waals surface area contributed by atoms with Gasteiger partial charge >= 0.3 is 12.0 Å². The van der Waals surface area contributed by atoms with Crippen molar-refractivity contribution in [2.24, 2.45) is 11.8 Å². The summed E-state index contributed by atoms with van der Waals surface area (Å²) in [5.74, 6) is -0.171. The highest BCUT2D eigenvalue weighted by Crippen LogP contribution is 2.24. The molecule has 5 nitrogen and oxygen atoms in total. The molecule has 0 radical (unpaired) electrons. The molecule has 0 aromatic heterocycles. The molecule has 1 aliphatic carbocycles. The summed E-state index contributed by atoms with van der Waals surface area (Å²) in [7, 11) is 0. The summed E-state index contributed by atoms with van der Waals surface area (Å²) >= 11 is 0. The second-order valence-electron chi connectivity index (χ2n) is 6.94. The molecule has 0 atom stereocenters. The van der Waals surface area contributed by atoms with Gasteiger partial charge in [0, 0.05) is 19.1 Å². The smallest absolute Gasteiger partial charge is 0.323 e. The normalized spacial score (nSPS) is 15.7. The number of carboxylic acid groups (broad SMARTS) is 1. The number of urea groups is 1. The first kappa shape index (κ1) is 17.8. The van der Waals surface area contributed by atoms with Gasteiger partial charge in [0.05, 0.1) is 0 Å². The van der Waals surface area contributed by atoms with Crippen LogP contribution in [0, 0.1) is 11.8 Å². The zero-order valence-corrected chi connectivity index (χ0v) is 13.8. The molecule has 1 aliphatic rings. The van der Waals surface area contributed by atoms with Crippen LogP contribution in [0.15, 0.2) is 0 Å². The van der Waals surface area contributed by atoms with E-state index in [0.29, 0.717) is 24.9 Å². The molecule has 0 spiro atoms. The maximum atomic E-state index is 12.8. The fraction of sp³-hybridized carbons (Fsp3) is 0.875. The van der Waals surface area contributed by atoms with Crippen molar-refractivity contribution in [1.82, 2.24) is 9.80 Å². The van der Waals surface area contributed by atoms with Crippen LogP contribution in [0.1, 0.15) is 53.4 Å². The topological polar surface area (TPSA) is 60.9 Å². The lowest BCUT2D eigenvalue weighted by molar-refractivity contribution is -0.138. The number of hydrogen-bond acceptors (Lipinski definition) is 2. The molecule has 21 heavy (non-hydrogen) atoms. The zero-order chi connectivity index (χ0) is 16.0. The number of rotatable bonds is 7. The van der Waals surface area contributed by atoms with Crippen LogP contribution in [0.4, 0.5) is 4.79 Å². The molecule has 0 unspecified atom stereocenters. The van der Waals surface area contributed by atoms with E-state index in [9.17, 15) is 9.59 Å². The second kappa shape index (κ2) is 8.25. The highest BCUT2D eigenvalue weighted by atomic mass is 16.4. The fourth-order valence-electron chi connectivity index (χ4n) is 3.01. The van der Waals surface area contributed by atoms with Gasteiger partial charge in [0.2, 0.25) is 0 Å². The lowest BCUT2D eigenvalue weighted by Gasteiger charge is -2.35. The minimum absolute atomic E-state index is 0.0930. The van der Waals surface area contributed by atoms with Crippen LogP contribution in [-0.2, 0) is 4.79 Å². The number of aliphatic carboxylic acids is 1. The Morgan fingerprint density at radius 2 is 1.52 bits per heavy atom. The van der Waals surface area contributed by atoms with Gasteiger partial charge in [-0.15, -0.1) is 0 Å². The summed E-state index contributed by atoms with van der Waals surface area (Å²) in [4.78, 5) is 27.4. The molecule has 122 valence electrons. The standard InChI is InChI=1S/C16H30N2O3/c1-12(2)9-17(10-13(3)4)16(21)18(11-15(19)20)14-7-5-6-8-14/h12-14H,5-11H2,1-4H3,(H,19,20). The molecule has 1 saturated carbocycles. The third-order valence-corrected chi connectivity index (χ3v) is 3.76. The van der Waals surface area contributed by atoms with E-state index in [1.165, 1.54) is 0 Å². The van der Waals surface area contributed by atoms with Gasteiger partial charge in [-0.25, -0.2) is 4.79 Å². The van der Waals surface area contributed by atoms with E-state index in [4.69, 9.17) is 5.11 Å². The van der Waals surface area contributed by atoms with Crippen LogP contribution in [0.5, 0.6) is 0 Å². The minimum atomic E-state index is -0.927. The van der Waals surface area contributed by atoms with E-state index in [1.54, 1.807) is 4.90 Å². The Bertz CT molecular complexity index is 339. The average Bonchev–Trinajstić information content (AvgIpc) is 2.86. The van der Waals surface area contributed by atoms with E-state index in [0.717, 1.165) is 25.7 Å². The lowest BCUT2D eigenvalue weighted by Crippen LogP contribution is -2.51. The molecular weight excluding hydrogens is 268 g/mol. The number of carboxylic acids is 1. The van der Waals surface area contributed by atoms with Crippen LogP contribution in [0.25, 0.3) is 0 Å². The van der Waals surface area contributed by atoms with Crippen LogP contribution in [0.2, 0.25) is 0 Å². The molecular formula is C16H30N2O3. The second-order valence-corrected chi connectivity index (χ2v) is 6.94. The number of carbonyl (C=O) groups is 2. The first-order valence-corrected chi connectivity index (χ1v) is 8.08. The van der Waals surface area contributed by atoms with Crippen molar-refractivity contribution in [2.45, 2.75) is 59.4 Å². The van der Waals surface area contributed by atoms with Crippen molar-refractivity contribution in [2.75, 3.05) is 19.6 Å². The Kier molecular flexibility index (Phi) is 6.99. The molecule has 0 saturated heterocycles. The SMILES string of the molecule is CC(C)CN(CC(C)C)C(=O)N(CC(=O)O)C1CCCC1. The van der Waals surface area contributed by atoms with Gasteiger partial charge < -0.3 is 14.9 Å². The van der Waals surface area contributed by atoms with Crippen LogP contribution in [0.3, 0.4) is 0 Å². The Hall–Kier alpha value is -1.26. The predicted octanol–water partition coefficient (Wildman–Crippen LogP) is 3.05. The third-order valence-electron chi connectivity index (χ3n) is 3.76. The van der Waals surface area contributed by atoms with Crippen LogP contribution >= 0.6 is 0 Å². The van der Waals surface area contributed by atoms with E-state index in [-0.39, 0.29) is 18.6 Å². The van der Waals surface area contributed by atoms with E-state index in [2.05, 4.69) is 27.7 Å². The quantitative estimate of drug-likeness (QED) is 0.786. The van der Waals surface area contributed by atoms with Gasteiger partial charge in [-0.1, -0.05) is 40.5 Å². The maximum absolute atomic E-state index is 12.8. The van der Waals surface area contributed by atoms with Crippen LogP contribution in [-0.4, -0.2) is 52.6 Å². The molecule has 1 rings (SSSR count). The van der Waals surface area contributed by atoms with Gasteiger partial charge in [0.1, 0.15) is 6.54 Å². The molecule has 2 amide bonds. The van der Waals surface area contributed by atoms with Crippen molar-refractivity contribution in [3.8, 4) is 0 Å². The first-order valence-electron chi connectivity index (χ1n) is 8.08. The molecule has 0 bridgehead atoms. The monoisotopic (exact) mass is 298 g/mol. The first-order chi connectivity index (χ1) is 9.81. The van der Waals surface area contributed by atoms with Gasteiger partial charge in [0.25, 0.3) is 0 Å². The average molecular weight is 298 g/mol. The molecule has 0 aliphatic heterocycles. The molecule has 1 fully saturated rings. The Morgan fingerprint density at radius 1 is 1.05 bits per heavy atom. The molecule has 0 aromatic rings. The largest absolute Gasteiger partial charge is 0.480 e. The van der Waals surface area contributed by atoms with Crippen molar-refractivity contribution < 1.29 is 14.7 Å². The summed E-state index contributed by atoms with van der Waals surface area (Å²) < 4.78 is 0. The fourth-order valence-corrected chi connectivity index (χ4v) is 3.01. The van der Waals surface area contributed by atoms with Crippen molar-refractivity contribution >= 4 is 12.0 Å². The molecule has 0 aromatic carbocycles. The third kappa shape index (κ3) is 5.94. The van der Waals surface area contributed by atoms with Gasteiger partial charge in [0.15, 0.2) is 0 Å². The van der Waals surface area contributed by atoms with E-state index in [1.807, 2.05) is 4.90 Å². The number of hydrogen-bond donors (Lipinski definition) is 1. The van der Waals surface area contributed by atoms with Crippen molar-refractivity contribution in [3.63, 3.8) is 0 Å². The Morgan fingerprint density at radius 3 is 1.90 bits per heavy atom. The summed E-state index contributed by atoms with van der Waals surface area (Å²) in [5, 5.41) is 9.13. The van der Waals surface area contributed by atoms with E-state index >= 15 is 0 Å². The van der Waals surface area contributed by atoms with Crippen LogP contribution < -0.4 is 0 Å². The molecule has 5 heteroatoms. The highest BCUT2D eigenvalue weighted by molar-refractivity contribution is 5.80. The van der Waals surface area contributed by atoms with E-state index < -0.39 is 5.97 Å². The van der Waals surface area contributed by atoms with Crippen molar-refractivity contribution in [1.29, 1.82) is 0 Å². The number of amides is 2. The maximum Gasteiger partial charge on any atom is 0.323 e.